The lowest BCUT2D eigenvalue weighted by Gasteiger charge is -2.16. The third kappa shape index (κ3) is 3.61. The van der Waals surface area contributed by atoms with Crippen LogP contribution in [0, 0.1) is 5.82 Å². The lowest BCUT2D eigenvalue weighted by molar-refractivity contribution is -0.141. The topological polar surface area (TPSA) is 102 Å². The zero-order valence-corrected chi connectivity index (χ0v) is 18.2. The molecule has 5 aromatic rings. The van der Waals surface area contributed by atoms with E-state index in [-0.39, 0.29) is 17.8 Å². The van der Waals surface area contributed by atoms with Gasteiger partial charge in [0.25, 0.3) is 5.56 Å². The highest BCUT2D eigenvalue weighted by Crippen LogP contribution is 2.29. The largest absolute Gasteiger partial charge is 0.480 e. The van der Waals surface area contributed by atoms with Gasteiger partial charge in [0.15, 0.2) is 11.2 Å². The molecule has 5 rings (SSSR count). The second kappa shape index (κ2) is 8.51. The van der Waals surface area contributed by atoms with E-state index in [9.17, 15) is 19.1 Å². The SMILES string of the molecule is CCc1nn2c(nnc3c(=O)n([C@@H](Cc4ccccc4)C(=O)O)ccc32)c1-c1ccc(F)cc1. The standard InChI is InChI=1S/C25H20FN5O3/c1-2-18-21(16-8-10-17(26)11-9-16)23-28-27-22-19(31(23)29-18)12-13-30(24(22)32)20(25(33)34)14-15-6-4-3-5-7-15/h3-13,20H,2,14H2,1H3,(H,33,34)/t20-/m0/s1. The van der Waals surface area contributed by atoms with Gasteiger partial charge in [-0.1, -0.05) is 49.4 Å². The van der Waals surface area contributed by atoms with Gasteiger partial charge in [-0.15, -0.1) is 10.2 Å². The molecule has 0 radical (unpaired) electrons. The van der Waals surface area contributed by atoms with Gasteiger partial charge in [0.2, 0.25) is 0 Å². The summed E-state index contributed by atoms with van der Waals surface area (Å²) < 4.78 is 16.2. The number of fused-ring (bicyclic) bond motifs is 3. The molecule has 9 heteroatoms. The van der Waals surface area contributed by atoms with Crippen LogP contribution in [0.25, 0.3) is 27.8 Å². The summed E-state index contributed by atoms with van der Waals surface area (Å²) in [5.41, 5.74) is 3.29. The first-order valence-corrected chi connectivity index (χ1v) is 10.8. The Labute approximate surface area is 192 Å². The van der Waals surface area contributed by atoms with Crippen molar-refractivity contribution in [1.29, 1.82) is 0 Å². The molecule has 0 bridgehead atoms. The molecule has 1 N–H and O–H groups in total. The second-order valence-corrected chi connectivity index (χ2v) is 7.92. The van der Waals surface area contributed by atoms with Crippen LogP contribution >= 0.6 is 0 Å². The summed E-state index contributed by atoms with van der Waals surface area (Å²) in [4.78, 5) is 25.3. The van der Waals surface area contributed by atoms with E-state index in [1.165, 1.54) is 22.9 Å². The van der Waals surface area contributed by atoms with Crippen LogP contribution in [-0.4, -0.2) is 35.5 Å². The molecule has 3 heterocycles. The van der Waals surface area contributed by atoms with Crippen molar-refractivity contribution in [1.82, 2.24) is 24.4 Å². The molecule has 0 aliphatic rings. The molecule has 0 aliphatic carbocycles. The highest BCUT2D eigenvalue weighted by molar-refractivity contribution is 5.85. The van der Waals surface area contributed by atoms with Crippen molar-refractivity contribution in [3.63, 3.8) is 0 Å². The summed E-state index contributed by atoms with van der Waals surface area (Å²) in [6.45, 7) is 1.94. The quantitative estimate of drug-likeness (QED) is 0.417. The molecule has 0 aliphatic heterocycles. The van der Waals surface area contributed by atoms with Crippen LogP contribution in [0.15, 0.2) is 71.7 Å². The van der Waals surface area contributed by atoms with Crippen LogP contribution in [0.3, 0.4) is 0 Å². The number of nitrogens with zero attached hydrogens (tertiary/aromatic N) is 5. The highest BCUT2D eigenvalue weighted by Gasteiger charge is 2.24. The predicted octanol–water partition coefficient (Wildman–Crippen LogP) is 3.68. The summed E-state index contributed by atoms with van der Waals surface area (Å²) in [5.74, 6) is -1.47. The molecule has 0 unspecified atom stereocenters. The van der Waals surface area contributed by atoms with Gasteiger partial charge < -0.3 is 5.11 Å². The molecule has 3 aromatic heterocycles. The van der Waals surface area contributed by atoms with E-state index < -0.39 is 17.6 Å². The Morgan fingerprint density at radius 1 is 1.06 bits per heavy atom. The zero-order chi connectivity index (χ0) is 23.8. The lowest BCUT2D eigenvalue weighted by Crippen LogP contribution is -2.31. The number of benzene rings is 2. The molecular weight excluding hydrogens is 437 g/mol. The number of halogens is 1. The van der Waals surface area contributed by atoms with E-state index in [0.29, 0.717) is 23.1 Å². The Kier molecular flexibility index (Phi) is 5.37. The predicted molar refractivity (Wildman–Crippen MR) is 124 cm³/mol. The van der Waals surface area contributed by atoms with E-state index in [1.807, 2.05) is 37.3 Å². The van der Waals surface area contributed by atoms with Crippen molar-refractivity contribution in [2.45, 2.75) is 25.8 Å². The maximum Gasteiger partial charge on any atom is 0.327 e. The Morgan fingerprint density at radius 3 is 2.47 bits per heavy atom. The van der Waals surface area contributed by atoms with Crippen molar-refractivity contribution >= 4 is 22.6 Å². The molecule has 1 atom stereocenters. The summed E-state index contributed by atoms with van der Waals surface area (Å²) in [6, 6.07) is 15.7. The lowest BCUT2D eigenvalue weighted by atomic mass is 10.0. The summed E-state index contributed by atoms with van der Waals surface area (Å²) in [7, 11) is 0. The first-order valence-electron chi connectivity index (χ1n) is 10.8. The molecule has 0 fully saturated rings. The van der Waals surface area contributed by atoms with Gasteiger partial charge in [0, 0.05) is 12.6 Å². The van der Waals surface area contributed by atoms with Crippen LogP contribution < -0.4 is 5.56 Å². The van der Waals surface area contributed by atoms with Crippen LogP contribution in [0.5, 0.6) is 0 Å². The fraction of sp³-hybridized carbons (Fsp3) is 0.160. The second-order valence-electron chi connectivity index (χ2n) is 7.92. The number of carbonyl (C=O) groups is 1. The number of hydrogen-bond donors (Lipinski definition) is 1. The molecule has 0 spiro atoms. The van der Waals surface area contributed by atoms with Gasteiger partial charge in [0.1, 0.15) is 17.4 Å². The van der Waals surface area contributed by atoms with Crippen molar-refractivity contribution in [2.75, 3.05) is 0 Å². The number of aromatic nitrogens is 5. The van der Waals surface area contributed by atoms with Gasteiger partial charge in [-0.25, -0.2) is 13.7 Å². The minimum absolute atomic E-state index is 0.0186. The molecule has 0 saturated heterocycles. The number of carboxylic acids is 1. The van der Waals surface area contributed by atoms with Crippen molar-refractivity contribution in [2.24, 2.45) is 0 Å². The van der Waals surface area contributed by atoms with E-state index in [0.717, 1.165) is 16.8 Å². The fourth-order valence-electron chi connectivity index (χ4n) is 4.15. The van der Waals surface area contributed by atoms with Crippen molar-refractivity contribution < 1.29 is 14.3 Å². The van der Waals surface area contributed by atoms with Gasteiger partial charge >= 0.3 is 5.97 Å². The Bertz CT molecular complexity index is 1580. The first kappa shape index (κ1) is 21.4. The third-order valence-electron chi connectivity index (χ3n) is 5.84. The summed E-state index contributed by atoms with van der Waals surface area (Å²) >= 11 is 0. The van der Waals surface area contributed by atoms with Gasteiger partial charge in [-0.3, -0.25) is 9.36 Å². The molecule has 8 nitrogen and oxygen atoms in total. The van der Waals surface area contributed by atoms with Crippen molar-refractivity contribution in [3.8, 4) is 11.1 Å². The van der Waals surface area contributed by atoms with Gasteiger partial charge in [-0.05, 0) is 35.7 Å². The maximum atomic E-state index is 13.4. The van der Waals surface area contributed by atoms with Crippen molar-refractivity contribution in [3.05, 3.63) is 94.3 Å². The molecule has 170 valence electrons. The number of hydrogen-bond acceptors (Lipinski definition) is 5. The number of aryl methyl sites for hydroxylation is 1. The van der Waals surface area contributed by atoms with Gasteiger partial charge in [0.05, 0.1) is 11.3 Å². The van der Waals surface area contributed by atoms with E-state index in [4.69, 9.17) is 0 Å². The molecule has 0 saturated carbocycles. The van der Waals surface area contributed by atoms with E-state index >= 15 is 0 Å². The average Bonchev–Trinajstić information content (AvgIpc) is 3.23. The smallest absolute Gasteiger partial charge is 0.327 e. The third-order valence-corrected chi connectivity index (χ3v) is 5.84. The first-order chi connectivity index (χ1) is 16.5. The zero-order valence-electron chi connectivity index (χ0n) is 18.2. The van der Waals surface area contributed by atoms with E-state index in [2.05, 4.69) is 15.3 Å². The highest BCUT2D eigenvalue weighted by atomic mass is 19.1. The Balaban J connectivity index is 1.67. The monoisotopic (exact) mass is 457 g/mol. The van der Waals surface area contributed by atoms with Crippen LogP contribution in [0.1, 0.15) is 24.2 Å². The van der Waals surface area contributed by atoms with Crippen LogP contribution in [0.2, 0.25) is 0 Å². The number of carboxylic acid groups (broad SMARTS) is 1. The normalized spacial score (nSPS) is 12.3. The fourth-order valence-corrected chi connectivity index (χ4v) is 4.15. The average molecular weight is 457 g/mol. The number of pyridine rings is 1. The van der Waals surface area contributed by atoms with Crippen LogP contribution in [0.4, 0.5) is 4.39 Å². The minimum Gasteiger partial charge on any atom is -0.480 e. The Morgan fingerprint density at radius 2 is 1.79 bits per heavy atom. The van der Waals surface area contributed by atoms with Crippen LogP contribution in [-0.2, 0) is 17.6 Å². The molecule has 34 heavy (non-hydrogen) atoms. The molecule has 0 amide bonds. The van der Waals surface area contributed by atoms with E-state index in [1.54, 1.807) is 22.7 Å². The Hall–Kier alpha value is -4.40. The summed E-state index contributed by atoms with van der Waals surface area (Å²) in [5, 5.41) is 22.9. The number of rotatable bonds is 6. The number of aliphatic carboxylic acids is 1. The van der Waals surface area contributed by atoms with Gasteiger partial charge in [-0.2, -0.15) is 5.10 Å². The molecule has 2 aromatic carbocycles. The summed E-state index contributed by atoms with van der Waals surface area (Å²) in [6.07, 6.45) is 2.19. The minimum atomic E-state index is -1.12. The maximum absolute atomic E-state index is 13.4. The molecular formula is C25H20FN5O3.